The third-order valence-corrected chi connectivity index (χ3v) is 2.86. The lowest BCUT2D eigenvalue weighted by Crippen LogP contribution is -2.68. The highest BCUT2D eigenvalue weighted by Gasteiger charge is 2.41. The van der Waals surface area contributed by atoms with E-state index in [4.69, 9.17) is 0 Å². The van der Waals surface area contributed by atoms with Gasteiger partial charge in [-0.05, 0) is 13.0 Å². The van der Waals surface area contributed by atoms with Crippen LogP contribution in [0.3, 0.4) is 0 Å². The van der Waals surface area contributed by atoms with E-state index in [9.17, 15) is 15.3 Å². The highest BCUT2D eigenvalue weighted by molar-refractivity contribution is 4.94. The second-order valence-electron chi connectivity index (χ2n) is 3.80. The average Bonchev–Trinajstić information content (AvgIpc) is 2.15. The zero-order chi connectivity index (χ0) is 9.42. The number of rotatable bonds is 0. The molecule has 76 valence electrons. The van der Waals surface area contributed by atoms with Gasteiger partial charge in [-0.25, -0.2) is 0 Å². The van der Waals surface area contributed by atoms with Gasteiger partial charge < -0.3 is 15.3 Å². The minimum atomic E-state index is -1.02. The minimum absolute atomic E-state index is 0.188. The highest BCUT2D eigenvalue weighted by atomic mass is 16.4. The van der Waals surface area contributed by atoms with Crippen molar-refractivity contribution in [1.29, 1.82) is 0 Å². The molecule has 0 aliphatic carbocycles. The van der Waals surface area contributed by atoms with Crippen LogP contribution in [0.5, 0.6) is 0 Å². The smallest absolute Gasteiger partial charge is 0.111 e. The third-order valence-electron chi connectivity index (χ3n) is 2.86. The quantitative estimate of drug-likeness (QED) is 0.344. The number of hydrogen-bond donors (Lipinski definition) is 4. The summed E-state index contributed by atoms with van der Waals surface area (Å²) in [5, 5.41) is 31.6. The van der Waals surface area contributed by atoms with E-state index in [0.717, 1.165) is 19.5 Å². The molecule has 2 aliphatic rings. The minimum Gasteiger partial charge on any atom is -0.389 e. The van der Waals surface area contributed by atoms with Crippen LogP contribution in [0.1, 0.15) is 6.42 Å². The molecule has 0 unspecified atom stereocenters. The molecule has 0 amide bonds. The molecule has 0 spiro atoms. The van der Waals surface area contributed by atoms with Crippen LogP contribution in [-0.4, -0.2) is 64.3 Å². The lowest BCUT2D eigenvalue weighted by Gasteiger charge is -2.46. The first kappa shape index (κ1) is 9.36. The predicted molar refractivity (Wildman–Crippen MR) is 46.0 cm³/mol. The highest BCUT2D eigenvalue weighted by Crippen LogP contribution is 2.19. The van der Waals surface area contributed by atoms with Crippen LogP contribution >= 0.6 is 0 Å². The molecule has 0 aromatic rings. The molecule has 2 rings (SSSR count). The number of nitrogens with zero attached hydrogens (tertiary/aromatic N) is 1. The van der Waals surface area contributed by atoms with Crippen molar-refractivity contribution in [2.24, 2.45) is 0 Å². The van der Waals surface area contributed by atoms with Gasteiger partial charge in [0.15, 0.2) is 0 Å². The van der Waals surface area contributed by atoms with Gasteiger partial charge in [-0.3, -0.25) is 10.2 Å². The molecule has 0 radical (unpaired) electrons. The van der Waals surface area contributed by atoms with Gasteiger partial charge in [-0.2, -0.15) is 0 Å². The number of aliphatic hydroxyl groups is 3. The van der Waals surface area contributed by atoms with Crippen LogP contribution in [0.4, 0.5) is 0 Å². The van der Waals surface area contributed by atoms with Crippen LogP contribution in [0, 0.1) is 0 Å². The van der Waals surface area contributed by atoms with Gasteiger partial charge in [0.2, 0.25) is 0 Å². The molecule has 0 bridgehead atoms. The van der Waals surface area contributed by atoms with Gasteiger partial charge in [0.05, 0.1) is 12.3 Å². The summed E-state index contributed by atoms with van der Waals surface area (Å²) >= 11 is 0. The summed E-state index contributed by atoms with van der Waals surface area (Å²) in [6.45, 7) is 2.18. The van der Waals surface area contributed by atoms with Crippen molar-refractivity contribution in [3.63, 3.8) is 0 Å². The number of nitrogens with one attached hydrogen (secondary N) is 1. The van der Waals surface area contributed by atoms with E-state index in [1.54, 1.807) is 0 Å². The molecular weight excluding hydrogens is 172 g/mol. The molecule has 2 fully saturated rings. The molecule has 13 heavy (non-hydrogen) atoms. The SMILES string of the molecule is O[C@@H]1[C@H](O)[C@@H]2NCCCN2C[C@H]1O. The Morgan fingerprint density at radius 1 is 1.15 bits per heavy atom. The fourth-order valence-corrected chi connectivity index (χ4v) is 2.10. The van der Waals surface area contributed by atoms with Gasteiger partial charge in [0, 0.05) is 13.1 Å². The molecule has 5 nitrogen and oxygen atoms in total. The lowest BCUT2D eigenvalue weighted by molar-refractivity contribution is -0.149. The summed E-state index contributed by atoms with van der Waals surface area (Å²) < 4.78 is 0. The summed E-state index contributed by atoms with van der Waals surface area (Å²) in [4.78, 5) is 1.98. The monoisotopic (exact) mass is 188 g/mol. The van der Waals surface area contributed by atoms with Gasteiger partial charge in [0.1, 0.15) is 12.2 Å². The first-order valence-corrected chi connectivity index (χ1v) is 4.72. The molecule has 2 heterocycles. The third kappa shape index (κ3) is 1.58. The second kappa shape index (κ2) is 3.51. The molecule has 4 N–H and O–H groups in total. The Labute approximate surface area is 77.0 Å². The van der Waals surface area contributed by atoms with E-state index < -0.39 is 18.3 Å². The van der Waals surface area contributed by atoms with Crippen LogP contribution in [0.2, 0.25) is 0 Å². The molecule has 5 heteroatoms. The summed E-state index contributed by atoms with van der Waals surface area (Å²) in [6.07, 6.45) is -1.90. The normalized spacial score (nSPS) is 47.3. The number of hydrogen-bond acceptors (Lipinski definition) is 5. The Morgan fingerprint density at radius 3 is 2.69 bits per heavy atom. The fraction of sp³-hybridized carbons (Fsp3) is 1.00. The fourth-order valence-electron chi connectivity index (χ4n) is 2.10. The Kier molecular flexibility index (Phi) is 2.53. The van der Waals surface area contributed by atoms with E-state index in [1.807, 2.05) is 4.90 Å². The van der Waals surface area contributed by atoms with Gasteiger partial charge in [-0.15, -0.1) is 0 Å². The maximum atomic E-state index is 9.63. The Bertz CT molecular complexity index is 188. The predicted octanol–water partition coefficient (Wildman–Crippen LogP) is -2.30. The standard InChI is InChI=1S/C8H16N2O3/c11-5-4-10-3-1-2-9-8(10)7(13)6(5)12/h5-9,11-13H,1-4H2/t5-,6+,7+,8-/m1/s1. The van der Waals surface area contributed by atoms with Crippen molar-refractivity contribution in [2.45, 2.75) is 30.9 Å². The summed E-state index contributed by atoms with van der Waals surface area (Å²) in [5.74, 6) is 0. The molecular formula is C8H16N2O3. The van der Waals surface area contributed by atoms with Gasteiger partial charge >= 0.3 is 0 Å². The van der Waals surface area contributed by atoms with Crippen molar-refractivity contribution in [1.82, 2.24) is 10.2 Å². The maximum absolute atomic E-state index is 9.63. The first-order valence-electron chi connectivity index (χ1n) is 4.72. The van der Waals surface area contributed by atoms with Crippen LogP contribution < -0.4 is 5.32 Å². The van der Waals surface area contributed by atoms with E-state index in [0.29, 0.717) is 6.54 Å². The molecule has 0 aromatic carbocycles. The molecule has 2 saturated heterocycles. The molecule has 0 aromatic heterocycles. The Hall–Kier alpha value is -0.200. The maximum Gasteiger partial charge on any atom is 0.111 e. The average molecular weight is 188 g/mol. The van der Waals surface area contributed by atoms with E-state index >= 15 is 0 Å². The number of fused-ring (bicyclic) bond motifs is 1. The lowest BCUT2D eigenvalue weighted by atomic mass is 9.97. The Balaban J connectivity index is 2.08. The Morgan fingerprint density at radius 2 is 1.92 bits per heavy atom. The van der Waals surface area contributed by atoms with Crippen molar-refractivity contribution >= 4 is 0 Å². The van der Waals surface area contributed by atoms with Gasteiger partial charge in [-0.1, -0.05) is 0 Å². The van der Waals surface area contributed by atoms with Crippen LogP contribution in [-0.2, 0) is 0 Å². The molecule has 0 saturated carbocycles. The van der Waals surface area contributed by atoms with Crippen LogP contribution in [0.25, 0.3) is 0 Å². The first-order chi connectivity index (χ1) is 6.20. The molecule has 2 aliphatic heterocycles. The zero-order valence-electron chi connectivity index (χ0n) is 7.43. The zero-order valence-corrected chi connectivity index (χ0v) is 7.43. The van der Waals surface area contributed by atoms with Crippen molar-refractivity contribution in [3.05, 3.63) is 0 Å². The summed E-state index contributed by atoms with van der Waals surface area (Å²) in [6, 6.07) is 0. The summed E-state index contributed by atoms with van der Waals surface area (Å²) in [7, 11) is 0. The topological polar surface area (TPSA) is 76.0 Å². The number of aliphatic hydroxyl groups excluding tert-OH is 3. The van der Waals surface area contributed by atoms with Gasteiger partial charge in [0.25, 0.3) is 0 Å². The van der Waals surface area contributed by atoms with E-state index in [2.05, 4.69) is 5.32 Å². The largest absolute Gasteiger partial charge is 0.389 e. The molecule has 4 atom stereocenters. The van der Waals surface area contributed by atoms with Crippen LogP contribution in [0.15, 0.2) is 0 Å². The van der Waals surface area contributed by atoms with Crippen molar-refractivity contribution in [2.75, 3.05) is 19.6 Å². The number of piperidine rings is 1. The van der Waals surface area contributed by atoms with Crippen molar-refractivity contribution < 1.29 is 15.3 Å². The van der Waals surface area contributed by atoms with E-state index in [-0.39, 0.29) is 6.17 Å². The van der Waals surface area contributed by atoms with E-state index in [1.165, 1.54) is 0 Å². The van der Waals surface area contributed by atoms with Crippen molar-refractivity contribution in [3.8, 4) is 0 Å². The summed E-state index contributed by atoms with van der Waals surface area (Å²) in [5.41, 5.74) is 0. The second-order valence-corrected chi connectivity index (χ2v) is 3.80.